The Morgan fingerprint density at radius 2 is 0.833 bits per heavy atom. The zero-order valence-electron chi connectivity index (χ0n) is 15.6. The van der Waals surface area contributed by atoms with Gasteiger partial charge >= 0.3 is 35.8 Å². The summed E-state index contributed by atoms with van der Waals surface area (Å²) >= 11 is 0. The van der Waals surface area contributed by atoms with E-state index in [4.69, 9.17) is 10.2 Å². The minimum absolute atomic E-state index is 0. The molecule has 2 atom stereocenters. The summed E-state index contributed by atoms with van der Waals surface area (Å²) in [7, 11) is 0. The minimum atomic E-state index is -2.48. The van der Waals surface area contributed by atoms with Crippen LogP contribution in [0, 0.1) is 0 Å². The van der Waals surface area contributed by atoms with E-state index in [9.17, 15) is 39.0 Å². The molecule has 0 aromatic heterocycles. The SMILES string of the molecule is O=C(O)CCCCC(=O)OC(=O)C(O)C(O)C(=O)OC(=O)CCCCC(=O)O.[Fe].[Fe]. The van der Waals surface area contributed by atoms with Crippen LogP contribution in [0.1, 0.15) is 51.4 Å². The Balaban J connectivity index is -0.00000364. The molecule has 0 radical (unpaired) electrons. The summed E-state index contributed by atoms with van der Waals surface area (Å²) in [6.45, 7) is 0. The zero-order chi connectivity index (χ0) is 21.7. The first-order valence-electron chi connectivity index (χ1n) is 8.33. The smallest absolute Gasteiger partial charge is 0.346 e. The van der Waals surface area contributed by atoms with Gasteiger partial charge in [0.25, 0.3) is 0 Å². The number of esters is 4. The van der Waals surface area contributed by atoms with E-state index in [1.165, 1.54) is 0 Å². The fourth-order valence-corrected chi connectivity index (χ4v) is 1.80. The van der Waals surface area contributed by atoms with Crippen molar-refractivity contribution in [2.24, 2.45) is 0 Å². The molecule has 0 amide bonds. The molecule has 0 rings (SSSR count). The number of hydrogen-bond acceptors (Lipinski definition) is 10. The monoisotopic (exact) mass is 518 g/mol. The van der Waals surface area contributed by atoms with Crippen LogP contribution in [0.2, 0.25) is 0 Å². The molecule has 0 saturated carbocycles. The van der Waals surface area contributed by atoms with Crippen molar-refractivity contribution < 1.29 is 92.8 Å². The van der Waals surface area contributed by atoms with Gasteiger partial charge in [-0.1, -0.05) is 0 Å². The summed E-state index contributed by atoms with van der Waals surface area (Å²) in [5, 5.41) is 35.9. The largest absolute Gasteiger partial charge is 0.481 e. The van der Waals surface area contributed by atoms with Crippen LogP contribution in [-0.2, 0) is 72.4 Å². The predicted octanol–water partition coefficient (Wildman–Crippen LogP) is -0.867. The summed E-state index contributed by atoms with van der Waals surface area (Å²) in [4.78, 5) is 66.4. The van der Waals surface area contributed by atoms with Crippen molar-refractivity contribution in [3.8, 4) is 0 Å². The van der Waals surface area contributed by atoms with Crippen molar-refractivity contribution in [2.45, 2.75) is 63.6 Å². The molecule has 0 saturated heterocycles. The van der Waals surface area contributed by atoms with Gasteiger partial charge in [-0.2, -0.15) is 0 Å². The molecular formula is C16H22Fe2O12. The van der Waals surface area contributed by atoms with Crippen molar-refractivity contribution in [1.82, 2.24) is 0 Å². The molecular weight excluding hydrogens is 496 g/mol. The average molecular weight is 518 g/mol. The Hall–Kier alpha value is -1.82. The van der Waals surface area contributed by atoms with Crippen molar-refractivity contribution in [3.05, 3.63) is 0 Å². The summed E-state index contributed by atoms with van der Waals surface area (Å²) < 4.78 is 8.43. The quantitative estimate of drug-likeness (QED) is 0.102. The number of aliphatic carboxylic acids is 2. The van der Waals surface area contributed by atoms with E-state index in [2.05, 4.69) is 9.47 Å². The second-order valence-corrected chi connectivity index (χ2v) is 5.68. The van der Waals surface area contributed by atoms with E-state index < -0.39 is 48.0 Å². The standard InChI is InChI=1S/C16H22O12.2Fe/c17-9(18)5-1-3-7-11(21)27-15(25)13(23)14(24)16(26)28-12(22)8-4-2-6-10(19)20;;/h13-14,23-24H,1-8H2,(H,17,18)(H,19,20);;. The number of unbranched alkanes of at least 4 members (excludes halogenated alkanes) is 2. The van der Waals surface area contributed by atoms with Gasteiger partial charge in [0.05, 0.1) is 0 Å². The van der Waals surface area contributed by atoms with Gasteiger partial charge in [0.2, 0.25) is 0 Å². The molecule has 0 spiro atoms. The van der Waals surface area contributed by atoms with Gasteiger partial charge in [0.1, 0.15) is 0 Å². The summed E-state index contributed by atoms with van der Waals surface area (Å²) in [6, 6.07) is 0. The molecule has 4 N–H and O–H groups in total. The molecule has 0 aromatic rings. The van der Waals surface area contributed by atoms with E-state index in [1.807, 2.05) is 0 Å². The molecule has 174 valence electrons. The molecule has 30 heavy (non-hydrogen) atoms. The maximum atomic E-state index is 11.5. The van der Waals surface area contributed by atoms with Crippen LogP contribution in [0.15, 0.2) is 0 Å². The fourth-order valence-electron chi connectivity index (χ4n) is 1.80. The molecule has 12 nitrogen and oxygen atoms in total. The molecule has 0 bridgehead atoms. The Morgan fingerprint density at radius 3 is 1.10 bits per heavy atom. The number of carbonyl (C=O) groups is 6. The minimum Gasteiger partial charge on any atom is -0.481 e. The Kier molecular flexibility index (Phi) is 19.7. The van der Waals surface area contributed by atoms with Crippen LogP contribution in [0.5, 0.6) is 0 Å². The van der Waals surface area contributed by atoms with Gasteiger partial charge in [-0.3, -0.25) is 19.2 Å². The molecule has 14 heteroatoms. The number of carbonyl (C=O) groups excluding carboxylic acids is 4. The van der Waals surface area contributed by atoms with Gasteiger partial charge in [0.15, 0.2) is 12.2 Å². The maximum absolute atomic E-state index is 11.5. The van der Waals surface area contributed by atoms with Crippen LogP contribution < -0.4 is 0 Å². The second-order valence-electron chi connectivity index (χ2n) is 5.68. The zero-order valence-corrected chi connectivity index (χ0v) is 17.8. The number of carboxylic acid groups (broad SMARTS) is 2. The third kappa shape index (κ3) is 16.0. The van der Waals surface area contributed by atoms with Crippen molar-refractivity contribution in [3.63, 3.8) is 0 Å². The molecule has 2 unspecified atom stereocenters. The summed E-state index contributed by atoms with van der Waals surface area (Å²) in [5.41, 5.74) is 0. The van der Waals surface area contributed by atoms with Crippen LogP contribution >= 0.6 is 0 Å². The fraction of sp³-hybridized carbons (Fsp3) is 0.625. The van der Waals surface area contributed by atoms with Gasteiger partial charge in [-0.15, -0.1) is 0 Å². The number of aliphatic hydroxyl groups is 2. The van der Waals surface area contributed by atoms with E-state index in [0.717, 1.165) is 0 Å². The molecule has 0 aliphatic rings. The molecule has 0 aliphatic carbocycles. The number of ether oxygens (including phenoxy) is 2. The molecule has 0 aliphatic heterocycles. The van der Waals surface area contributed by atoms with Gasteiger partial charge in [0, 0.05) is 59.8 Å². The number of aliphatic hydroxyl groups excluding tert-OH is 2. The maximum Gasteiger partial charge on any atom is 0.346 e. The van der Waals surface area contributed by atoms with Gasteiger partial charge in [-0.25, -0.2) is 9.59 Å². The van der Waals surface area contributed by atoms with Crippen LogP contribution in [0.25, 0.3) is 0 Å². The number of hydrogen-bond donors (Lipinski definition) is 4. The van der Waals surface area contributed by atoms with Crippen molar-refractivity contribution in [1.29, 1.82) is 0 Å². The first-order chi connectivity index (χ1) is 13.0. The summed E-state index contributed by atoms with van der Waals surface area (Å²) in [5.74, 6) is -7.58. The third-order valence-corrected chi connectivity index (χ3v) is 3.25. The van der Waals surface area contributed by atoms with Crippen molar-refractivity contribution >= 4 is 35.8 Å². The first-order valence-corrected chi connectivity index (χ1v) is 8.33. The predicted molar refractivity (Wildman–Crippen MR) is 86.4 cm³/mol. The Morgan fingerprint density at radius 1 is 0.567 bits per heavy atom. The summed E-state index contributed by atoms with van der Waals surface area (Å²) in [6.07, 6.45) is -5.43. The third-order valence-electron chi connectivity index (χ3n) is 3.25. The first kappa shape index (κ1) is 32.8. The normalized spacial score (nSPS) is 11.7. The van der Waals surface area contributed by atoms with Crippen LogP contribution in [-0.4, -0.2) is 68.4 Å². The Bertz CT molecular complexity index is 555. The molecule has 0 fully saturated rings. The Labute approximate surface area is 192 Å². The van der Waals surface area contributed by atoms with Crippen molar-refractivity contribution in [2.75, 3.05) is 0 Å². The molecule has 0 aromatic carbocycles. The molecule has 0 heterocycles. The van der Waals surface area contributed by atoms with Crippen LogP contribution in [0.3, 0.4) is 0 Å². The van der Waals surface area contributed by atoms with E-state index >= 15 is 0 Å². The average Bonchev–Trinajstić information content (AvgIpc) is 2.60. The van der Waals surface area contributed by atoms with E-state index in [-0.39, 0.29) is 85.5 Å². The van der Waals surface area contributed by atoms with Gasteiger partial charge in [-0.05, 0) is 25.7 Å². The number of carboxylic acids is 2. The van der Waals surface area contributed by atoms with E-state index in [0.29, 0.717) is 0 Å². The second kappa shape index (κ2) is 18.0. The van der Waals surface area contributed by atoms with Gasteiger partial charge < -0.3 is 29.9 Å². The van der Waals surface area contributed by atoms with E-state index in [1.54, 1.807) is 0 Å². The topological polar surface area (TPSA) is 202 Å². The van der Waals surface area contributed by atoms with Crippen LogP contribution in [0.4, 0.5) is 0 Å². The number of rotatable bonds is 13.